The van der Waals surface area contributed by atoms with Gasteiger partial charge in [0.1, 0.15) is 6.33 Å². The van der Waals surface area contributed by atoms with Crippen LogP contribution in [0.5, 0.6) is 0 Å². The van der Waals surface area contributed by atoms with E-state index in [0.717, 1.165) is 28.1 Å². The van der Waals surface area contributed by atoms with E-state index in [9.17, 15) is 10.2 Å². The molecule has 0 aliphatic heterocycles. The Kier molecular flexibility index (Phi) is 12.3. The summed E-state index contributed by atoms with van der Waals surface area (Å²) >= 11 is 0. The van der Waals surface area contributed by atoms with Crippen LogP contribution in [0.1, 0.15) is 56.4 Å². The molecule has 3 rings (SSSR count). The maximum absolute atomic E-state index is 9.39. The zero-order valence-corrected chi connectivity index (χ0v) is 24.1. The molecule has 2 unspecified atom stereocenters. The third kappa shape index (κ3) is 9.38. The van der Waals surface area contributed by atoms with Gasteiger partial charge >= 0.3 is 0 Å². The maximum atomic E-state index is 9.39. The summed E-state index contributed by atoms with van der Waals surface area (Å²) in [6.07, 6.45) is 1.39. The summed E-state index contributed by atoms with van der Waals surface area (Å²) in [4.78, 5) is 8.86. The van der Waals surface area contributed by atoms with Gasteiger partial charge in [-0.1, -0.05) is 64.8 Å². The van der Waals surface area contributed by atoms with Crippen LogP contribution in [0, 0.1) is 45.6 Å². The zero-order valence-electron chi connectivity index (χ0n) is 21.7. The minimum Gasteiger partial charge on any atom is -0.393 e. The Morgan fingerprint density at radius 1 is 0.706 bits per heavy atom. The van der Waals surface area contributed by atoms with Crippen LogP contribution >= 0.6 is 0 Å². The molecular formula is C29H39IrN2O2-. The average molecular weight is 640 g/mol. The molecule has 187 valence electrons. The minimum absolute atomic E-state index is 0. The second-order valence-corrected chi connectivity index (χ2v) is 9.78. The van der Waals surface area contributed by atoms with Crippen molar-refractivity contribution in [2.24, 2.45) is 11.8 Å². The van der Waals surface area contributed by atoms with E-state index in [-0.39, 0.29) is 44.1 Å². The Morgan fingerprint density at radius 2 is 1.21 bits per heavy atom. The molecule has 5 heteroatoms. The molecule has 0 bridgehead atoms. The van der Waals surface area contributed by atoms with Gasteiger partial charge in [-0.3, -0.25) is 4.98 Å². The third-order valence-corrected chi connectivity index (χ3v) is 5.63. The van der Waals surface area contributed by atoms with Crippen molar-refractivity contribution < 1.29 is 30.3 Å². The van der Waals surface area contributed by atoms with E-state index in [1.807, 2.05) is 33.8 Å². The van der Waals surface area contributed by atoms with Crippen molar-refractivity contribution in [3.8, 4) is 22.5 Å². The van der Waals surface area contributed by atoms with Gasteiger partial charge in [0, 0.05) is 20.1 Å². The predicted molar refractivity (Wildman–Crippen MR) is 137 cm³/mol. The summed E-state index contributed by atoms with van der Waals surface area (Å²) in [5, 5.41) is 18.8. The van der Waals surface area contributed by atoms with Crippen LogP contribution in [-0.2, 0) is 20.1 Å². The molecule has 4 nitrogen and oxygen atoms in total. The molecule has 0 saturated carbocycles. The Bertz CT molecular complexity index is 931. The Labute approximate surface area is 219 Å². The number of rotatable bonds is 6. The molecule has 0 amide bonds. The number of aliphatic hydroxyl groups is 2. The summed E-state index contributed by atoms with van der Waals surface area (Å²) in [6, 6.07) is 16.1. The molecule has 2 N–H and O–H groups in total. The first-order valence-electron chi connectivity index (χ1n) is 11.7. The third-order valence-electron chi connectivity index (χ3n) is 5.63. The van der Waals surface area contributed by atoms with Crippen molar-refractivity contribution in [2.75, 3.05) is 0 Å². The van der Waals surface area contributed by atoms with Gasteiger partial charge in [0.25, 0.3) is 0 Å². The molecular weight excluding hydrogens is 601 g/mol. The molecule has 2 aromatic carbocycles. The van der Waals surface area contributed by atoms with Crippen molar-refractivity contribution in [1.29, 1.82) is 0 Å². The summed E-state index contributed by atoms with van der Waals surface area (Å²) in [6.45, 7) is 16.2. The molecule has 0 aliphatic carbocycles. The fraction of sp³-hybridized carbons (Fsp3) is 0.448. The van der Waals surface area contributed by atoms with Crippen molar-refractivity contribution >= 4 is 0 Å². The predicted octanol–water partition coefficient (Wildman–Crippen LogP) is 6.25. The topological polar surface area (TPSA) is 66.2 Å². The van der Waals surface area contributed by atoms with E-state index in [0.29, 0.717) is 6.42 Å². The molecule has 0 aliphatic rings. The van der Waals surface area contributed by atoms with Gasteiger partial charge in [-0.25, -0.2) is 4.98 Å². The number of aromatic nitrogens is 2. The minimum atomic E-state index is -0.368. The zero-order chi connectivity index (χ0) is 24.7. The number of hydrogen-bond donors (Lipinski definition) is 2. The van der Waals surface area contributed by atoms with Gasteiger partial charge in [0.2, 0.25) is 0 Å². The summed E-state index contributed by atoms with van der Waals surface area (Å²) in [5.74, 6) is 0.479. The first-order valence-corrected chi connectivity index (χ1v) is 11.7. The van der Waals surface area contributed by atoms with Crippen molar-refractivity contribution in [1.82, 2.24) is 9.97 Å². The van der Waals surface area contributed by atoms with Crippen molar-refractivity contribution in [2.45, 2.75) is 74.0 Å². The molecule has 0 fully saturated rings. The number of aryl methyl sites for hydroxylation is 4. The largest absolute Gasteiger partial charge is 0.393 e. The maximum Gasteiger partial charge on any atom is 0.106 e. The number of aliphatic hydroxyl groups excluding tert-OH is 2. The first kappa shape index (κ1) is 30.1. The van der Waals surface area contributed by atoms with E-state index in [1.54, 1.807) is 6.33 Å². The molecule has 1 heterocycles. The van der Waals surface area contributed by atoms with Crippen LogP contribution in [-0.4, -0.2) is 32.4 Å². The molecule has 1 aromatic heterocycles. The van der Waals surface area contributed by atoms with Gasteiger partial charge in [0.15, 0.2) is 0 Å². The molecule has 3 aromatic rings. The SMILES string of the molecule is CC(C)C(O)CC(O)C(C)C.Cc1[c-]c(-c2cc(-c3cc(C)cc(C)c3)ncn2)cc(C)c1.[Ir]. The Morgan fingerprint density at radius 3 is 1.71 bits per heavy atom. The molecule has 0 spiro atoms. The van der Waals surface area contributed by atoms with E-state index >= 15 is 0 Å². The Hall–Kier alpha value is -1.91. The normalized spacial score (nSPS) is 12.6. The molecule has 2 atom stereocenters. The fourth-order valence-electron chi connectivity index (χ4n) is 3.61. The second-order valence-electron chi connectivity index (χ2n) is 9.78. The van der Waals surface area contributed by atoms with E-state index < -0.39 is 0 Å². The van der Waals surface area contributed by atoms with Gasteiger partial charge < -0.3 is 10.2 Å². The number of hydrogen-bond acceptors (Lipinski definition) is 4. The first-order chi connectivity index (χ1) is 15.5. The van der Waals surface area contributed by atoms with Crippen LogP contribution in [0.15, 0.2) is 42.7 Å². The smallest absolute Gasteiger partial charge is 0.106 e. The van der Waals surface area contributed by atoms with Crippen LogP contribution in [0.3, 0.4) is 0 Å². The van der Waals surface area contributed by atoms with Crippen molar-refractivity contribution in [3.05, 3.63) is 71.0 Å². The molecule has 0 saturated heterocycles. The summed E-state index contributed by atoms with van der Waals surface area (Å²) in [5.41, 5.74) is 8.84. The molecule has 1 radical (unpaired) electrons. The van der Waals surface area contributed by atoms with Crippen LogP contribution < -0.4 is 0 Å². The van der Waals surface area contributed by atoms with E-state index in [1.165, 1.54) is 16.7 Å². The van der Waals surface area contributed by atoms with E-state index in [4.69, 9.17) is 0 Å². The van der Waals surface area contributed by atoms with E-state index in [2.05, 4.69) is 74.1 Å². The Balaban J connectivity index is 0.000000414. The fourth-order valence-corrected chi connectivity index (χ4v) is 3.61. The number of benzene rings is 2. The van der Waals surface area contributed by atoms with Crippen LogP contribution in [0.2, 0.25) is 0 Å². The van der Waals surface area contributed by atoms with Gasteiger partial charge in [-0.15, -0.1) is 34.9 Å². The number of nitrogens with zero attached hydrogens (tertiary/aromatic N) is 2. The van der Waals surface area contributed by atoms with Crippen LogP contribution in [0.4, 0.5) is 0 Å². The van der Waals surface area contributed by atoms with Gasteiger partial charge in [-0.05, 0) is 55.5 Å². The standard InChI is InChI=1S/C20H19N2.C9H20O2.Ir/c1-13-5-14(2)8-17(7-13)19-11-20(22-12-21-19)18-9-15(3)6-16(4)10-18;1-6(2)8(10)5-9(11)7(3)4;/h5-9,11-12H,1-4H3;6-11H,5H2,1-4H3;/q-1;;. The molecule has 34 heavy (non-hydrogen) atoms. The van der Waals surface area contributed by atoms with Gasteiger partial charge in [-0.2, -0.15) is 0 Å². The average Bonchev–Trinajstić information content (AvgIpc) is 2.72. The van der Waals surface area contributed by atoms with Crippen LogP contribution in [0.25, 0.3) is 22.5 Å². The quantitative estimate of drug-likeness (QED) is 0.313. The monoisotopic (exact) mass is 640 g/mol. The van der Waals surface area contributed by atoms with Gasteiger partial charge in [0.05, 0.1) is 17.9 Å². The summed E-state index contributed by atoms with van der Waals surface area (Å²) in [7, 11) is 0. The summed E-state index contributed by atoms with van der Waals surface area (Å²) < 4.78 is 0. The second kappa shape index (κ2) is 13.8. The van der Waals surface area contributed by atoms with Crippen molar-refractivity contribution in [3.63, 3.8) is 0 Å².